The summed E-state index contributed by atoms with van der Waals surface area (Å²) in [6, 6.07) is 9.20. The minimum atomic E-state index is -0.807. The summed E-state index contributed by atoms with van der Waals surface area (Å²) in [7, 11) is 1.64. The van der Waals surface area contributed by atoms with Gasteiger partial charge in [0.2, 0.25) is 5.88 Å². The maximum Gasteiger partial charge on any atom is 0.330 e. The number of hydrogen-bond donors (Lipinski definition) is 2. The molecule has 0 spiro atoms. The van der Waals surface area contributed by atoms with Crippen LogP contribution >= 0.6 is 0 Å². The Hall–Kier alpha value is -3.79. The van der Waals surface area contributed by atoms with E-state index in [9.17, 15) is 19.1 Å². The highest BCUT2D eigenvalue weighted by Gasteiger charge is 2.18. The van der Waals surface area contributed by atoms with Crippen LogP contribution in [0.2, 0.25) is 0 Å². The molecule has 0 aliphatic rings. The Balaban J connectivity index is 1.75. The zero-order chi connectivity index (χ0) is 21.4. The number of benzene rings is 1. The smallest absolute Gasteiger partial charge is 0.330 e. The van der Waals surface area contributed by atoms with Crippen molar-refractivity contribution >= 4 is 11.2 Å². The molecular formula is C20H18FN5O4. The number of H-pyrrole nitrogens is 1. The maximum absolute atomic E-state index is 13.7. The number of para-hydroxylation sites is 1. The number of nitrogens with one attached hydrogen (secondary N) is 1. The van der Waals surface area contributed by atoms with E-state index in [4.69, 9.17) is 4.74 Å². The molecule has 1 atom stereocenters. The van der Waals surface area contributed by atoms with Crippen LogP contribution in [0, 0.1) is 5.82 Å². The Labute approximate surface area is 169 Å². The van der Waals surface area contributed by atoms with Crippen molar-refractivity contribution in [3.8, 4) is 23.0 Å². The molecule has 0 amide bonds. The topological polar surface area (TPSA) is 115 Å². The number of rotatable bonds is 5. The van der Waals surface area contributed by atoms with Crippen LogP contribution in [0.15, 0.2) is 52.2 Å². The van der Waals surface area contributed by atoms with E-state index in [1.807, 2.05) is 0 Å². The lowest BCUT2D eigenvalue weighted by atomic mass is 10.2. The average Bonchev–Trinajstić information content (AvgIpc) is 3.05. The summed E-state index contributed by atoms with van der Waals surface area (Å²) < 4.78 is 21.9. The molecule has 1 aromatic carbocycles. The molecule has 0 aliphatic heterocycles. The van der Waals surface area contributed by atoms with Crippen molar-refractivity contribution in [3.63, 3.8) is 0 Å². The van der Waals surface area contributed by atoms with Gasteiger partial charge in [0.05, 0.1) is 12.6 Å². The molecule has 1 unspecified atom stereocenters. The van der Waals surface area contributed by atoms with Crippen molar-refractivity contribution in [2.24, 2.45) is 7.05 Å². The van der Waals surface area contributed by atoms with Crippen LogP contribution in [0.5, 0.6) is 11.6 Å². The van der Waals surface area contributed by atoms with Crippen molar-refractivity contribution in [2.75, 3.05) is 0 Å². The summed E-state index contributed by atoms with van der Waals surface area (Å²) >= 11 is 0. The fraction of sp³-hybridized carbons (Fsp3) is 0.200. The lowest BCUT2D eigenvalue weighted by Crippen LogP contribution is -2.33. The van der Waals surface area contributed by atoms with Crippen molar-refractivity contribution < 1.29 is 14.2 Å². The average molecular weight is 411 g/mol. The second-order valence-corrected chi connectivity index (χ2v) is 6.80. The summed E-state index contributed by atoms with van der Waals surface area (Å²) in [5.74, 6) is 0.125. The summed E-state index contributed by atoms with van der Waals surface area (Å²) in [5.41, 5.74) is -0.314. The number of nitrogens with zero attached hydrogens (tertiary/aromatic N) is 4. The Bertz CT molecular complexity index is 1340. The van der Waals surface area contributed by atoms with Gasteiger partial charge in [-0.3, -0.25) is 14.3 Å². The molecule has 0 radical (unpaired) electrons. The maximum atomic E-state index is 13.7. The first-order chi connectivity index (χ1) is 14.3. The molecule has 3 heterocycles. The highest BCUT2D eigenvalue weighted by Crippen LogP contribution is 2.25. The first kappa shape index (κ1) is 19.5. The molecule has 0 fully saturated rings. The minimum absolute atomic E-state index is 0.0176. The lowest BCUT2D eigenvalue weighted by Gasteiger charge is -2.07. The zero-order valence-electron chi connectivity index (χ0n) is 16.2. The molecule has 3 aromatic heterocycles. The summed E-state index contributed by atoms with van der Waals surface area (Å²) in [6.07, 6.45) is 0.668. The predicted molar refractivity (Wildman–Crippen MR) is 107 cm³/mol. The molecule has 4 rings (SSSR count). The number of fused-ring (bicyclic) bond motifs is 1. The number of ether oxygens (including phenoxy) is 1. The van der Waals surface area contributed by atoms with Crippen LogP contribution in [0.4, 0.5) is 4.39 Å². The van der Waals surface area contributed by atoms with Gasteiger partial charge in [-0.15, -0.1) is 0 Å². The Kier molecular flexibility index (Phi) is 4.92. The first-order valence-electron chi connectivity index (χ1n) is 9.11. The van der Waals surface area contributed by atoms with Crippen LogP contribution < -0.4 is 16.0 Å². The molecule has 0 bridgehead atoms. The third kappa shape index (κ3) is 3.48. The fourth-order valence-corrected chi connectivity index (χ4v) is 3.15. The van der Waals surface area contributed by atoms with E-state index in [0.717, 1.165) is 0 Å². The van der Waals surface area contributed by atoms with Crippen LogP contribution in [-0.2, 0) is 13.6 Å². The van der Waals surface area contributed by atoms with Crippen LogP contribution in [-0.4, -0.2) is 35.3 Å². The van der Waals surface area contributed by atoms with E-state index in [1.165, 1.54) is 29.8 Å². The number of hydrogen-bond acceptors (Lipinski definition) is 6. The third-order valence-corrected chi connectivity index (χ3v) is 4.51. The molecular weight excluding hydrogens is 393 g/mol. The van der Waals surface area contributed by atoms with Gasteiger partial charge in [-0.2, -0.15) is 0 Å². The molecule has 0 saturated heterocycles. The summed E-state index contributed by atoms with van der Waals surface area (Å²) in [6.45, 7) is 1.52. The number of pyridine rings is 1. The lowest BCUT2D eigenvalue weighted by molar-refractivity contribution is 0.173. The van der Waals surface area contributed by atoms with Gasteiger partial charge in [-0.1, -0.05) is 12.1 Å². The largest absolute Gasteiger partial charge is 0.436 e. The van der Waals surface area contributed by atoms with Gasteiger partial charge in [-0.05, 0) is 25.1 Å². The molecule has 9 nitrogen and oxygen atoms in total. The number of aryl methyl sites for hydroxylation is 1. The monoisotopic (exact) mass is 411 g/mol. The van der Waals surface area contributed by atoms with Gasteiger partial charge in [0, 0.05) is 24.9 Å². The number of aromatic amines is 1. The highest BCUT2D eigenvalue weighted by molar-refractivity contribution is 5.76. The van der Waals surface area contributed by atoms with Crippen LogP contribution in [0.3, 0.4) is 0 Å². The predicted octanol–water partition coefficient (Wildman–Crippen LogP) is 1.80. The molecule has 4 aromatic rings. The van der Waals surface area contributed by atoms with Crippen LogP contribution in [0.25, 0.3) is 22.6 Å². The van der Waals surface area contributed by atoms with E-state index in [-0.39, 0.29) is 29.3 Å². The van der Waals surface area contributed by atoms with Gasteiger partial charge in [-0.25, -0.2) is 19.2 Å². The second kappa shape index (κ2) is 7.56. The van der Waals surface area contributed by atoms with E-state index < -0.39 is 23.2 Å². The molecule has 30 heavy (non-hydrogen) atoms. The number of aliphatic hydroxyl groups is 1. The van der Waals surface area contributed by atoms with Gasteiger partial charge < -0.3 is 14.4 Å². The van der Waals surface area contributed by atoms with Crippen molar-refractivity contribution in [1.82, 2.24) is 24.1 Å². The SMILES string of the molecule is CC(O)Cn1c(=O)[nH]c(=O)c2c1nc(-c1ccc(Oc3ccccc3F)nc1)n2C. The Morgan fingerprint density at radius 2 is 2.00 bits per heavy atom. The number of imidazole rings is 1. The normalized spacial score (nSPS) is 12.3. The number of aliphatic hydroxyl groups excluding tert-OH is 1. The van der Waals surface area contributed by atoms with E-state index in [1.54, 1.807) is 35.9 Å². The third-order valence-electron chi connectivity index (χ3n) is 4.51. The van der Waals surface area contributed by atoms with Gasteiger partial charge >= 0.3 is 5.69 Å². The number of aromatic nitrogens is 5. The zero-order valence-corrected chi connectivity index (χ0v) is 16.2. The molecule has 0 saturated carbocycles. The molecule has 2 N–H and O–H groups in total. The first-order valence-corrected chi connectivity index (χ1v) is 9.11. The van der Waals surface area contributed by atoms with Crippen molar-refractivity contribution in [1.29, 1.82) is 0 Å². The number of halogens is 1. The minimum Gasteiger partial charge on any atom is -0.436 e. The summed E-state index contributed by atoms with van der Waals surface area (Å²) in [4.78, 5) is 35.4. The van der Waals surface area contributed by atoms with Gasteiger partial charge in [0.1, 0.15) is 5.82 Å². The quantitative estimate of drug-likeness (QED) is 0.518. The van der Waals surface area contributed by atoms with Crippen molar-refractivity contribution in [2.45, 2.75) is 19.6 Å². The molecule has 10 heteroatoms. The van der Waals surface area contributed by atoms with Crippen molar-refractivity contribution in [3.05, 3.63) is 69.3 Å². The summed E-state index contributed by atoms with van der Waals surface area (Å²) in [5, 5.41) is 9.69. The Morgan fingerprint density at radius 1 is 1.23 bits per heavy atom. The van der Waals surface area contributed by atoms with Gasteiger partial charge in [0.25, 0.3) is 5.56 Å². The molecule has 0 aliphatic carbocycles. The van der Waals surface area contributed by atoms with E-state index in [0.29, 0.717) is 11.4 Å². The highest BCUT2D eigenvalue weighted by atomic mass is 19.1. The second-order valence-electron chi connectivity index (χ2n) is 6.80. The Morgan fingerprint density at radius 3 is 2.67 bits per heavy atom. The van der Waals surface area contributed by atoms with E-state index in [2.05, 4.69) is 15.0 Å². The fourth-order valence-electron chi connectivity index (χ4n) is 3.15. The van der Waals surface area contributed by atoms with Crippen LogP contribution in [0.1, 0.15) is 6.92 Å². The van der Waals surface area contributed by atoms with E-state index >= 15 is 0 Å². The standard InChI is InChI=1S/C20H18FN5O4/c1-11(27)10-26-18-16(19(28)24-20(26)29)25(2)17(23-18)12-7-8-15(22-9-12)30-14-6-4-3-5-13(14)21/h3-9,11,27H,10H2,1-2H3,(H,24,28,29). The molecule has 154 valence electrons. The van der Waals surface area contributed by atoms with Gasteiger partial charge in [0.15, 0.2) is 22.7 Å².